The smallest absolute Gasteiger partial charge is 0.138 e. The second kappa shape index (κ2) is 6.78. The second-order valence-electron chi connectivity index (χ2n) is 6.86. The number of aromatic hydroxyl groups is 3. The van der Waals surface area contributed by atoms with Gasteiger partial charge in [-0.05, 0) is 85.6 Å². The quantitative estimate of drug-likeness (QED) is 0.401. The molecule has 1 aromatic heterocycles. The molecule has 1 heterocycles. The van der Waals surface area contributed by atoms with Crippen molar-refractivity contribution in [2.75, 3.05) is 0 Å². The maximum Gasteiger partial charge on any atom is 0.138 e. The molecule has 5 heteroatoms. The normalized spacial score (nSPS) is 10.9. The summed E-state index contributed by atoms with van der Waals surface area (Å²) in [6.45, 7) is 3.72. The second-order valence-corrected chi connectivity index (χ2v) is 6.86. The summed E-state index contributed by atoms with van der Waals surface area (Å²) in [5.41, 5.74) is 5.72. The van der Waals surface area contributed by atoms with Crippen LogP contribution < -0.4 is 0 Å². The van der Waals surface area contributed by atoms with Gasteiger partial charge < -0.3 is 20.3 Å². The molecule has 0 aliphatic heterocycles. The number of hydrogen-bond donors (Lipinski definition) is 4. The van der Waals surface area contributed by atoms with Crippen LogP contribution in [-0.4, -0.2) is 25.3 Å². The van der Waals surface area contributed by atoms with Gasteiger partial charge in [0.1, 0.15) is 23.1 Å². The third-order valence-corrected chi connectivity index (χ3v) is 4.77. The number of rotatable bonds is 3. The molecule has 28 heavy (non-hydrogen) atoms. The van der Waals surface area contributed by atoms with Crippen LogP contribution in [0.2, 0.25) is 0 Å². The third kappa shape index (κ3) is 3.18. The van der Waals surface area contributed by atoms with Crippen LogP contribution >= 0.6 is 0 Å². The fourth-order valence-electron chi connectivity index (χ4n) is 3.27. The first kappa shape index (κ1) is 17.7. The van der Waals surface area contributed by atoms with Crippen molar-refractivity contribution in [3.63, 3.8) is 0 Å². The van der Waals surface area contributed by atoms with Crippen LogP contribution in [0.25, 0.3) is 33.9 Å². The molecule has 4 aromatic rings. The monoisotopic (exact) mass is 372 g/mol. The van der Waals surface area contributed by atoms with Crippen molar-refractivity contribution in [2.24, 2.45) is 0 Å². The van der Waals surface area contributed by atoms with E-state index in [9.17, 15) is 15.3 Å². The van der Waals surface area contributed by atoms with Crippen molar-refractivity contribution >= 4 is 0 Å². The van der Waals surface area contributed by atoms with Crippen LogP contribution in [0.4, 0.5) is 0 Å². The lowest BCUT2D eigenvalue weighted by Gasteiger charge is -2.06. The van der Waals surface area contributed by atoms with Crippen molar-refractivity contribution in [1.82, 2.24) is 9.97 Å². The van der Waals surface area contributed by atoms with Gasteiger partial charge in [-0.3, -0.25) is 0 Å². The topological polar surface area (TPSA) is 89.4 Å². The Labute approximate surface area is 162 Å². The van der Waals surface area contributed by atoms with E-state index in [2.05, 4.69) is 4.98 Å². The maximum atomic E-state index is 10.1. The van der Waals surface area contributed by atoms with E-state index in [1.54, 1.807) is 24.3 Å². The average molecular weight is 372 g/mol. The summed E-state index contributed by atoms with van der Waals surface area (Å²) in [5, 5.41) is 29.3. The summed E-state index contributed by atoms with van der Waals surface area (Å²) in [7, 11) is 0. The lowest BCUT2D eigenvalue weighted by molar-refractivity contribution is 0.467. The summed E-state index contributed by atoms with van der Waals surface area (Å²) < 4.78 is 0. The molecule has 0 unspecified atom stereocenters. The van der Waals surface area contributed by atoms with Gasteiger partial charge in [0.2, 0.25) is 0 Å². The van der Waals surface area contributed by atoms with Crippen LogP contribution in [0.3, 0.4) is 0 Å². The Morgan fingerprint density at radius 3 is 1.71 bits per heavy atom. The molecule has 0 bridgehead atoms. The molecule has 3 aromatic carbocycles. The van der Waals surface area contributed by atoms with E-state index < -0.39 is 0 Å². The molecular formula is C23H20N2O3. The number of phenols is 3. The van der Waals surface area contributed by atoms with Crippen LogP contribution in [0.5, 0.6) is 17.2 Å². The van der Waals surface area contributed by atoms with E-state index in [0.29, 0.717) is 5.82 Å². The fourth-order valence-corrected chi connectivity index (χ4v) is 3.27. The fraction of sp³-hybridized carbons (Fsp3) is 0.0870. The number of nitrogens with one attached hydrogen (secondary N) is 1. The van der Waals surface area contributed by atoms with Gasteiger partial charge >= 0.3 is 0 Å². The van der Waals surface area contributed by atoms with E-state index in [1.807, 2.05) is 50.2 Å². The van der Waals surface area contributed by atoms with Gasteiger partial charge in [-0.15, -0.1) is 0 Å². The highest BCUT2D eigenvalue weighted by atomic mass is 16.3. The van der Waals surface area contributed by atoms with Gasteiger partial charge in [-0.2, -0.15) is 0 Å². The van der Waals surface area contributed by atoms with Crippen molar-refractivity contribution in [1.29, 1.82) is 0 Å². The van der Waals surface area contributed by atoms with Gasteiger partial charge in [0, 0.05) is 16.7 Å². The molecule has 0 aliphatic carbocycles. The Kier molecular flexibility index (Phi) is 4.28. The van der Waals surface area contributed by atoms with Gasteiger partial charge in [0.05, 0.1) is 11.4 Å². The average Bonchev–Trinajstić information content (AvgIpc) is 3.12. The molecule has 0 saturated carbocycles. The van der Waals surface area contributed by atoms with Crippen molar-refractivity contribution < 1.29 is 15.3 Å². The molecule has 0 amide bonds. The molecule has 4 rings (SSSR count). The summed E-state index contributed by atoms with van der Waals surface area (Å²) in [6.07, 6.45) is 0. The number of aromatic amines is 1. The highest BCUT2D eigenvalue weighted by Gasteiger charge is 2.16. The molecule has 5 nitrogen and oxygen atoms in total. The number of H-pyrrole nitrogens is 1. The number of aromatic nitrogens is 2. The molecule has 0 aliphatic rings. The van der Waals surface area contributed by atoms with Crippen LogP contribution in [0.1, 0.15) is 11.1 Å². The number of imidazole rings is 1. The first-order chi connectivity index (χ1) is 13.4. The number of phenolic OH excluding ortho intramolecular Hbond substituents is 3. The van der Waals surface area contributed by atoms with E-state index in [0.717, 1.165) is 39.2 Å². The highest BCUT2D eigenvalue weighted by molar-refractivity contribution is 5.81. The molecular weight excluding hydrogens is 352 g/mol. The van der Waals surface area contributed by atoms with E-state index >= 15 is 0 Å². The molecule has 140 valence electrons. The summed E-state index contributed by atoms with van der Waals surface area (Å²) in [4.78, 5) is 8.19. The summed E-state index contributed by atoms with van der Waals surface area (Å²) >= 11 is 0. The number of nitrogens with zero attached hydrogens (tertiary/aromatic N) is 1. The van der Waals surface area contributed by atoms with Crippen molar-refractivity contribution in [3.8, 4) is 51.2 Å². The van der Waals surface area contributed by atoms with E-state index in [4.69, 9.17) is 4.98 Å². The van der Waals surface area contributed by atoms with Crippen molar-refractivity contribution in [3.05, 3.63) is 71.8 Å². The SMILES string of the molecule is Cc1cc(-c2nc(-c3ccc(O)cc3)c(-c3ccc(O)cc3)[nH]2)cc(C)c1O. The number of benzene rings is 3. The third-order valence-electron chi connectivity index (χ3n) is 4.77. The van der Waals surface area contributed by atoms with E-state index in [-0.39, 0.29) is 17.2 Å². The van der Waals surface area contributed by atoms with Gasteiger partial charge in [0.25, 0.3) is 0 Å². The Hall–Kier alpha value is -3.73. The van der Waals surface area contributed by atoms with Crippen molar-refractivity contribution in [2.45, 2.75) is 13.8 Å². The zero-order valence-corrected chi connectivity index (χ0v) is 15.6. The van der Waals surface area contributed by atoms with Crippen LogP contribution in [-0.2, 0) is 0 Å². The standard InChI is InChI=1S/C23H20N2O3/c1-13-11-17(12-14(2)22(13)28)23-24-20(15-3-7-18(26)8-4-15)21(25-23)16-5-9-19(27)10-6-16/h3-12,26-28H,1-2H3,(H,24,25). The predicted molar refractivity (Wildman–Crippen MR) is 109 cm³/mol. The van der Waals surface area contributed by atoms with Gasteiger partial charge in [0.15, 0.2) is 0 Å². The Morgan fingerprint density at radius 2 is 1.18 bits per heavy atom. The Bertz CT molecular complexity index is 1060. The molecule has 0 atom stereocenters. The molecule has 0 fully saturated rings. The molecule has 4 N–H and O–H groups in total. The van der Waals surface area contributed by atoms with Gasteiger partial charge in [-0.25, -0.2) is 4.98 Å². The lowest BCUT2D eigenvalue weighted by Crippen LogP contribution is -1.86. The largest absolute Gasteiger partial charge is 0.508 e. The van der Waals surface area contributed by atoms with Crippen LogP contribution in [0, 0.1) is 13.8 Å². The van der Waals surface area contributed by atoms with Gasteiger partial charge in [-0.1, -0.05) is 0 Å². The Morgan fingerprint density at radius 1 is 0.679 bits per heavy atom. The number of hydrogen-bond acceptors (Lipinski definition) is 4. The predicted octanol–water partition coefficient (Wildman–Crippen LogP) is 5.14. The highest BCUT2D eigenvalue weighted by Crippen LogP contribution is 2.35. The first-order valence-electron chi connectivity index (χ1n) is 8.92. The zero-order chi connectivity index (χ0) is 19.8. The Balaban J connectivity index is 1.91. The summed E-state index contributed by atoms with van der Waals surface area (Å²) in [5.74, 6) is 1.35. The molecule has 0 radical (unpaired) electrons. The van der Waals surface area contributed by atoms with Crippen LogP contribution in [0.15, 0.2) is 60.7 Å². The first-order valence-corrected chi connectivity index (χ1v) is 8.92. The summed E-state index contributed by atoms with van der Waals surface area (Å²) in [6, 6.07) is 17.6. The maximum absolute atomic E-state index is 10.1. The molecule has 0 saturated heterocycles. The zero-order valence-electron chi connectivity index (χ0n) is 15.6. The molecule has 0 spiro atoms. The van der Waals surface area contributed by atoms with E-state index in [1.165, 1.54) is 0 Å². The lowest BCUT2D eigenvalue weighted by atomic mass is 10.0. The minimum atomic E-state index is 0.190. The minimum absolute atomic E-state index is 0.190. The number of aryl methyl sites for hydroxylation is 2. The minimum Gasteiger partial charge on any atom is -0.508 e.